The van der Waals surface area contributed by atoms with Crippen LogP contribution < -0.4 is 0 Å². The molecule has 39 heavy (non-hydrogen) atoms. The maximum atomic E-state index is 2.46. The molecule has 0 unspecified atom stereocenters. The lowest BCUT2D eigenvalue weighted by atomic mass is 9.82. The van der Waals surface area contributed by atoms with Gasteiger partial charge in [-0.15, -0.1) is 11.3 Å². The van der Waals surface area contributed by atoms with Gasteiger partial charge >= 0.3 is 0 Å². The van der Waals surface area contributed by atoms with Gasteiger partial charge in [0.15, 0.2) is 0 Å². The van der Waals surface area contributed by atoms with E-state index < -0.39 is 0 Å². The quantitative estimate of drug-likeness (QED) is 0.192. The van der Waals surface area contributed by atoms with E-state index in [0.29, 0.717) is 0 Å². The fourth-order valence-corrected chi connectivity index (χ4v) is 8.38. The third-order valence-corrected chi connectivity index (χ3v) is 10.0. The predicted octanol–water partition coefficient (Wildman–Crippen LogP) is 10.9. The van der Waals surface area contributed by atoms with Crippen LogP contribution in [0.4, 0.5) is 0 Å². The van der Waals surface area contributed by atoms with Gasteiger partial charge in [0.1, 0.15) is 0 Å². The van der Waals surface area contributed by atoms with E-state index in [1.807, 2.05) is 11.3 Å². The van der Waals surface area contributed by atoms with E-state index in [4.69, 9.17) is 0 Å². The van der Waals surface area contributed by atoms with Crippen LogP contribution in [0.2, 0.25) is 0 Å². The first-order valence-corrected chi connectivity index (χ1v) is 14.6. The first kappa shape index (κ1) is 21.5. The Balaban J connectivity index is 1.33. The molecular formula is C38H24S. The fourth-order valence-electron chi connectivity index (χ4n) is 6.99. The van der Waals surface area contributed by atoms with E-state index in [9.17, 15) is 0 Å². The average molecular weight is 513 g/mol. The molecule has 0 spiro atoms. The minimum Gasteiger partial charge on any atom is -0.134 e. The molecule has 0 nitrogen and oxygen atoms in total. The molecule has 8 aromatic rings. The van der Waals surface area contributed by atoms with E-state index in [2.05, 4.69) is 121 Å². The Bertz CT molecular complexity index is 2280. The number of benzene rings is 7. The van der Waals surface area contributed by atoms with Crippen molar-refractivity contribution in [1.82, 2.24) is 0 Å². The molecule has 0 N–H and O–H groups in total. The van der Waals surface area contributed by atoms with Gasteiger partial charge in [-0.25, -0.2) is 0 Å². The van der Waals surface area contributed by atoms with Gasteiger partial charge in [-0.1, -0.05) is 115 Å². The Morgan fingerprint density at radius 2 is 1.15 bits per heavy atom. The van der Waals surface area contributed by atoms with E-state index in [1.54, 1.807) is 0 Å². The molecule has 1 aromatic heterocycles. The molecule has 1 heteroatoms. The molecule has 0 aliphatic heterocycles. The number of fused-ring (bicyclic) bond motifs is 13. The summed E-state index contributed by atoms with van der Waals surface area (Å²) in [5, 5.41) is 10.9. The van der Waals surface area contributed by atoms with Crippen LogP contribution in [0.3, 0.4) is 0 Å². The van der Waals surface area contributed by atoms with Gasteiger partial charge in [0.2, 0.25) is 0 Å². The topological polar surface area (TPSA) is 0 Å². The second kappa shape index (κ2) is 8.02. The summed E-state index contributed by atoms with van der Waals surface area (Å²) >= 11 is 1.95. The highest BCUT2D eigenvalue weighted by Crippen LogP contribution is 2.47. The molecule has 1 aliphatic rings. The zero-order valence-corrected chi connectivity index (χ0v) is 22.2. The molecular weight excluding hydrogens is 488 g/mol. The van der Waals surface area contributed by atoms with Crippen molar-refractivity contribution in [2.75, 3.05) is 0 Å². The number of aryl methyl sites for hydroxylation is 2. The number of thiophene rings is 1. The maximum Gasteiger partial charge on any atom is 0.0440 e. The zero-order chi connectivity index (χ0) is 25.5. The summed E-state index contributed by atoms with van der Waals surface area (Å²) < 4.78 is 2.77. The fraction of sp³-hybridized carbons (Fsp3) is 0.0526. The van der Waals surface area contributed by atoms with Crippen LogP contribution in [0.25, 0.3) is 74.7 Å². The van der Waals surface area contributed by atoms with E-state index >= 15 is 0 Å². The lowest BCUT2D eigenvalue weighted by molar-refractivity contribution is 0.951. The van der Waals surface area contributed by atoms with Crippen LogP contribution in [0.5, 0.6) is 0 Å². The third-order valence-electron chi connectivity index (χ3n) is 8.77. The Hall–Kier alpha value is -4.46. The van der Waals surface area contributed by atoms with Crippen LogP contribution >= 0.6 is 11.3 Å². The van der Waals surface area contributed by atoms with Crippen molar-refractivity contribution in [3.63, 3.8) is 0 Å². The second-order valence-electron chi connectivity index (χ2n) is 10.8. The van der Waals surface area contributed by atoms with Crippen LogP contribution in [-0.2, 0) is 12.8 Å². The van der Waals surface area contributed by atoms with E-state index in [1.165, 1.54) is 85.9 Å². The summed E-state index contributed by atoms with van der Waals surface area (Å²) in [6, 6.07) is 45.3. The van der Waals surface area contributed by atoms with Gasteiger partial charge in [0.25, 0.3) is 0 Å². The van der Waals surface area contributed by atoms with Crippen molar-refractivity contribution in [2.45, 2.75) is 12.8 Å². The summed E-state index contributed by atoms with van der Waals surface area (Å²) in [6.07, 6.45) is 2.21. The van der Waals surface area contributed by atoms with Gasteiger partial charge in [0.05, 0.1) is 0 Å². The highest BCUT2D eigenvalue weighted by molar-refractivity contribution is 7.27. The van der Waals surface area contributed by atoms with Gasteiger partial charge in [-0.05, 0) is 79.2 Å². The van der Waals surface area contributed by atoms with Gasteiger partial charge in [-0.3, -0.25) is 0 Å². The lowest BCUT2D eigenvalue weighted by Crippen LogP contribution is -2.04. The van der Waals surface area contributed by atoms with Crippen LogP contribution in [-0.4, -0.2) is 0 Å². The minimum absolute atomic E-state index is 1.10. The number of hydrogen-bond acceptors (Lipinski definition) is 1. The van der Waals surface area contributed by atoms with Crippen molar-refractivity contribution in [3.05, 3.63) is 132 Å². The minimum atomic E-state index is 1.10. The lowest BCUT2D eigenvalue weighted by Gasteiger charge is -2.22. The molecule has 0 saturated heterocycles. The van der Waals surface area contributed by atoms with Crippen LogP contribution in [0.15, 0.2) is 121 Å². The molecule has 7 aromatic carbocycles. The Morgan fingerprint density at radius 3 is 2.03 bits per heavy atom. The second-order valence-corrected chi connectivity index (χ2v) is 11.8. The van der Waals surface area contributed by atoms with Crippen molar-refractivity contribution >= 4 is 63.8 Å². The molecule has 0 atom stereocenters. The standard InChI is InChI=1S/C38H24S/c1-2-9-26-23(8-1)18-21-31-30(26)20-19-24-16-17-25(22-35(24)31)27-14-7-15-34-36-32-12-5-3-10-28(32)29-11-4-6-13-33(29)38(36)39-37(27)34/h1-18,21-22H,19-20H2. The highest BCUT2D eigenvalue weighted by Gasteiger charge is 2.20. The molecule has 0 bridgehead atoms. The van der Waals surface area contributed by atoms with Crippen molar-refractivity contribution < 1.29 is 0 Å². The number of rotatable bonds is 1. The third kappa shape index (κ3) is 3.00. The summed E-state index contributed by atoms with van der Waals surface area (Å²) in [6.45, 7) is 0. The molecule has 1 heterocycles. The van der Waals surface area contributed by atoms with Crippen LogP contribution in [0.1, 0.15) is 11.1 Å². The van der Waals surface area contributed by atoms with E-state index in [0.717, 1.165) is 12.8 Å². The summed E-state index contributed by atoms with van der Waals surface area (Å²) in [5.74, 6) is 0. The van der Waals surface area contributed by atoms with Crippen molar-refractivity contribution in [1.29, 1.82) is 0 Å². The summed E-state index contributed by atoms with van der Waals surface area (Å²) in [4.78, 5) is 0. The number of hydrogen-bond donors (Lipinski definition) is 0. The summed E-state index contributed by atoms with van der Waals surface area (Å²) in [7, 11) is 0. The zero-order valence-electron chi connectivity index (χ0n) is 21.4. The van der Waals surface area contributed by atoms with E-state index in [-0.39, 0.29) is 0 Å². The van der Waals surface area contributed by atoms with Crippen LogP contribution in [0, 0.1) is 0 Å². The monoisotopic (exact) mass is 512 g/mol. The predicted molar refractivity (Wildman–Crippen MR) is 170 cm³/mol. The SMILES string of the molecule is c1ccc2c3c(ccc2c1)-c1cc(-c2cccc4c2sc2c5ccccc5c5ccccc5c42)ccc1CC3. The first-order valence-electron chi connectivity index (χ1n) is 13.7. The van der Waals surface area contributed by atoms with Crippen molar-refractivity contribution in [3.8, 4) is 22.3 Å². The van der Waals surface area contributed by atoms with Gasteiger partial charge in [-0.2, -0.15) is 0 Å². The molecule has 0 saturated carbocycles. The van der Waals surface area contributed by atoms with Crippen molar-refractivity contribution in [2.24, 2.45) is 0 Å². The molecule has 0 radical (unpaired) electrons. The first-order chi connectivity index (χ1) is 19.3. The largest absolute Gasteiger partial charge is 0.134 e. The Morgan fingerprint density at radius 1 is 0.436 bits per heavy atom. The Labute approximate surface area is 230 Å². The van der Waals surface area contributed by atoms with Gasteiger partial charge in [0, 0.05) is 25.6 Å². The highest BCUT2D eigenvalue weighted by atomic mass is 32.1. The molecule has 0 amide bonds. The maximum absolute atomic E-state index is 2.46. The normalized spacial score (nSPS) is 12.9. The average Bonchev–Trinajstić information content (AvgIpc) is 3.41. The smallest absolute Gasteiger partial charge is 0.0440 e. The molecule has 9 rings (SSSR count). The van der Waals surface area contributed by atoms with Gasteiger partial charge < -0.3 is 0 Å². The molecule has 182 valence electrons. The Kier molecular flexibility index (Phi) is 4.42. The molecule has 0 fully saturated rings. The molecule has 1 aliphatic carbocycles. The summed E-state index contributed by atoms with van der Waals surface area (Å²) in [5.41, 5.74) is 8.39.